The van der Waals surface area contributed by atoms with Crippen LogP contribution in [0, 0.1) is 0 Å². The van der Waals surface area contributed by atoms with E-state index in [0.29, 0.717) is 12.4 Å². The lowest BCUT2D eigenvalue weighted by Gasteiger charge is -2.06. The first kappa shape index (κ1) is 13.0. The van der Waals surface area contributed by atoms with E-state index in [2.05, 4.69) is 15.6 Å². The van der Waals surface area contributed by atoms with Gasteiger partial charge >= 0.3 is 0 Å². The van der Waals surface area contributed by atoms with E-state index in [1.807, 2.05) is 6.07 Å². The van der Waals surface area contributed by atoms with Gasteiger partial charge in [0.1, 0.15) is 0 Å². The highest BCUT2D eigenvalue weighted by Gasteiger charge is 2.02. The van der Waals surface area contributed by atoms with E-state index in [1.165, 1.54) is 14.0 Å². The maximum atomic E-state index is 11.3. The number of rotatable bonds is 5. The molecule has 0 aliphatic rings. The molecule has 6 nitrogen and oxygen atoms in total. The van der Waals surface area contributed by atoms with Crippen molar-refractivity contribution in [3.05, 3.63) is 23.9 Å². The number of hydrogen-bond acceptors (Lipinski definition) is 4. The van der Waals surface area contributed by atoms with Crippen LogP contribution in [-0.4, -0.2) is 30.5 Å². The Morgan fingerprint density at radius 2 is 2.12 bits per heavy atom. The molecule has 0 atom stereocenters. The topological polar surface area (TPSA) is 80.3 Å². The highest BCUT2D eigenvalue weighted by atomic mass is 16.5. The summed E-state index contributed by atoms with van der Waals surface area (Å²) in [5.41, 5.74) is 0.863. The second-order valence-corrected chi connectivity index (χ2v) is 3.40. The maximum Gasteiger partial charge on any atom is 0.239 e. The Balaban J connectivity index is 2.34. The average Bonchev–Trinajstić information content (AvgIpc) is 2.34. The third-order valence-corrected chi connectivity index (χ3v) is 1.99. The predicted molar refractivity (Wildman–Crippen MR) is 61.3 cm³/mol. The number of carbonyl (C=O) groups is 2. The molecular formula is C11H15N3O3. The number of carbonyl (C=O) groups excluding carboxylic acids is 2. The SMILES string of the molecule is COc1ccc(CNC(=O)CNC(C)=O)cn1. The summed E-state index contributed by atoms with van der Waals surface area (Å²) in [5.74, 6) is 0.0561. The molecule has 0 spiro atoms. The zero-order valence-electron chi connectivity index (χ0n) is 9.82. The van der Waals surface area contributed by atoms with Crippen molar-refractivity contribution >= 4 is 11.8 Å². The van der Waals surface area contributed by atoms with Crippen LogP contribution in [0.3, 0.4) is 0 Å². The Labute approximate surface area is 99.4 Å². The zero-order chi connectivity index (χ0) is 12.7. The summed E-state index contributed by atoms with van der Waals surface area (Å²) >= 11 is 0. The molecule has 0 bridgehead atoms. The minimum absolute atomic E-state index is 0.0150. The van der Waals surface area contributed by atoms with Crippen molar-refractivity contribution in [2.24, 2.45) is 0 Å². The number of hydrogen-bond donors (Lipinski definition) is 2. The lowest BCUT2D eigenvalue weighted by atomic mass is 10.3. The molecule has 2 amide bonds. The van der Waals surface area contributed by atoms with E-state index in [-0.39, 0.29) is 18.4 Å². The fraction of sp³-hybridized carbons (Fsp3) is 0.364. The number of aromatic nitrogens is 1. The van der Waals surface area contributed by atoms with Gasteiger partial charge in [-0.05, 0) is 5.56 Å². The molecule has 0 saturated heterocycles. The van der Waals surface area contributed by atoms with Crippen molar-refractivity contribution in [1.82, 2.24) is 15.6 Å². The monoisotopic (exact) mass is 237 g/mol. The molecule has 92 valence electrons. The largest absolute Gasteiger partial charge is 0.481 e. The number of nitrogens with one attached hydrogen (secondary N) is 2. The first-order chi connectivity index (χ1) is 8.11. The molecule has 0 fully saturated rings. The average molecular weight is 237 g/mol. The van der Waals surface area contributed by atoms with E-state index >= 15 is 0 Å². The second-order valence-electron chi connectivity index (χ2n) is 3.40. The summed E-state index contributed by atoms with van der Waals surface area (Å²) in [6.07, 6.45) is 1.62. The summed E-state index contributed by atoms with van der Waals surface area (Å²) in [7, 11) is 1.54. The van der Waals surface area contributed by atoms with Gasteiger partial charge in [0.2, 0.25) is 17.7 Å². The van der Waals surface area contributed by atoms with Crippen molar-refractivity contribution in [3.8, 4) is 5.88 Å². The van der Waals surface area contributed by atoms with Crippen LogP contribution >= 0.6 is 0 Å². The van der Waals surface area contributed by atoms with Crippen LogP contribution in [-0.2, 0) is 16.1 Å². The molecule has 0 aromatic carbocycles. The Bertz CT molecular complexity index is 389. The molecule has 0 aliphatic heterocycles. The van der Waals surface area contributed by atoms with Gasteiger partial charge in [-0.25, -0.2) is 4.98 Å². The molecule has 6 heteroatoms. The van der Waals surface area contributed by atoms with Crippen molar-refractivity contribution < 1.29 is 14.3 Å². The highest BCUT2D eigenvalue weighted by molar-refractivity contribution is 5.83. The third kappa shape index (κ3) is 4.96. The van der Waals surface area contributed by atoms with Crippen LogP contribution in [0.4, 0.5) is 0 Å². The lowest BCUT2D eigenvalue weighted by Crippen LogP contribution is -2.35. The third-order valence-electron chi connectivity index (χ3n) is 1.99. The van der Waals surface area contributed by atoms with Crippen molar-refractivity contribution in [2.75, 3.05) is 13.7 Å². The van der Waals surface area contributed by atoms with Crippen LogP contribution in [0.2, 0.25) is 0 Å². The Kier molecular flexibility index (Phi) is 4.93. The molecule has 1 heterocycles. The Morgan fingerprint density at radius 1 is 1.35 bits per heavy atom. The van der Waals surface area contributed by atoms with E-state index in [4.69, 9.17) is 4.74 Å². The first-order valence-electron chi connectivity index (χ1n) is 5.12. The van der Waals surface area contributed by atoms with Gasteiger partial charge in [0, 0.05) is 25.7 Å². The number of pyridine rings is 1. The highest BCUT2D eigenvalue weighted by Crippen LogP contribution is 2.05. The summed E-state index contributed by atoms with van der Waals surface area (Å²) in [6.45, 7) is 1.72. The first-order valence-corrected chi connectivity index (χ1v) is 5.12. The molecule has 1 aromatic rings. The molecule has 0 saturated carbocycles. The van der Waals surface area contributed by atoms with Gasteiger partial charge in [-0.1, -0.05) is 6.07 Å². The number of methoxy groups -OCH3 is 1. The van der Waals surface area contributed by atoms with Gasteiger partial charge in [-0.2, -0.15) is 0 Å². The fourth-order valence-electron chi connectivity index (χ4n) is 1.10. The molecule has 0 aliphatic carbocycles. The minimum atomic E-state index is -0.240. The van der Waals surface area contributed by atoms with Crippen LogP contribution in [0.25, 0.3) is 0 Å². The van der Waals surface area contributed by atoms with Gasteiger partial charge in [-0.3, -0.25) is 9.59 Å². The molecule has 2 N–H and O–H groups in total. The predicted octanol–water partition coefficient (Wildman–Crippen LogP) is -0.158. The Morgan fingerprint density at radius 3 is 2.65 bits per heavy atom. The van der Waals surface area contributed by atoms with E-state index < -0.39 is 0 Å². The normalized spacial score (nSPS) is 9.53. The standard InChI is InChI=1S/C11H15N3O3/c1-8(15)12-7-10(16)13-5-9-3-4-11(17-2)14-6-9/h3-4,6H,5,7H2,1-2H3,(H,12,15)(H,13,16). The molecule has 1 rings (SSSR count). The second kappa shape index (κ2) is 6.47. The molecule has 1 aromatic heterocycles. The quantitative estimate of drug-likeness (QED) is 0.746. The molecule has 17 heavy (non-hydrogen) atoms. The van der Waals surface area contributed by atoms with Gasteiger partial charge in [0.15, 0.2) is 0 Å². The number of amides is 2. The van der Waals surface area contributed by atoms with E-state index in [0.717, 1.165) is 5.56 Å². The van der Waals surface area contributed by atoms with Crippen LogP contribution in [0.15, 0.2) is 18.3 Å². The van der Waals surface area contributed by atoms with Crippen LogP contribution in [0.5, 0.6) is 5.88 Å². The van der Waals surface area contributed by atoms with Crippen molar-refractivity contribution in [3.63, 3.8) is 0 Å². The van der Waals surface area contributed by atoms with Gasteiger partial charge < -0.3 is 15.4 Å². The summed E-state index contributed by atoms with van der Waals surface area (Å²) < 4.78 is 4.91. The summed E-state index contributed by atoms with van der Waals surface area (Å²) in [6, 6.07) is 3.53. The molecule has 0 radical (unpaired) electrons. The minimum Gasteiger partial charge on any atom is -0.481 e. The maximum absolute atomic E-state index is 11.3. The zero-order valence-corrected chi connectivity index (χ0v) is 9.82. The van der Waals surface area contributed by atoms with Gasteiger partial charge in [0.05, 0.1) is 13.7 Å². The van der Waals surface area contributed by atoms with Crippen molar-refractivity contribution in [2.45, 2.75) is 13.5 Å². The van der Waals surface area contributed by atoms with Crippen LogP contribution in [0.1, 0.15) is 12.5 Å². The molecule has 0 unspecified atom stereocenters. The van der Waals surface area contributed by atoms with Gasteiger partial charge in [0.25, 0.3) is 0 Å². The Hall–Kier alpha value is -2.11. The van der Waals surface area contributed by atoms with Gasteiger partial charge in [-0.15, -0.1) is 0 Å². The van der Waals surface area contributed by atoms with Crippen molar-refractivity contribution in [1.29, 1.82) is 0 Å². The van der Waals surface area contributed by atoms with E-state index in [1.54, 1.807) is 12.3 Å². The number of nitrogens with zero attached hydrogens (tertiary/aromatic N) is 1. The fourth-order valence-corrected chi connectivity index (χ4v) is 1.10. The van der Waals surface area contributed by atoms with E-state index in [9.17, 15) is 9.59 Å². The van der Waals surface area contributed by atoms with Crippen LogP contribution < -0.4 is 15.4 Å². The smallest absolute Gasteiger partial charge is 0.239 e. The molecular weight excluding hydrogens is 222 g/mol. The lowest BCUT2D eigenvalue weighted by molar-refractivity contribution is -0.125. The number of ether oxygens (including phenoxy) is 1. The summed E-state index contributed by atoms with van der Waals surface area (Å²) in [5, 5.41) is 5.07. The summed E-state index contributed by atoms with van der Waals surface area (Å²) in [4.78, 5) is 25.9.